The zero-order valence-corrected chi connectivity index (χ0v) is 6.18. The maximum Gasteiger partial charge on any atom is 0.146 e. The quantitative estimate of drug-likeness (QED) is 0.614. The van der Waals surface area contributed by atoms with E-state index in [4.69, 9.17) is 5.73 Å². The van der Waals surface area contributed by atoms with Crippen LogP contribution in [0, 0.1) is 5.92 Å². The molecule has 2 heteroatoms. The summed E-state index contributed by atoms with van der Waals surface area (Å²) in [5.74, 6) is 0.782. The molecule has 0 aliphatic heterocycles. The lowest BCUT2D eigenvalue weighted by Crippen LogP contribution is -2.13. The number of nitrogens with two attached hydrogens (primary N) is 1. The van der Waals surface area contributed by atoms with Gasteiger partial charge >= 0.3 is 0 Å². The van der Waals surface area contributed by atoms with Gasteiger partial charge < -0.3 is 5.73 Å². The lowest BCUT2D eigenvalue weighted by Gasteiger charge is -2.00. The third-order valence-electron chi connectivity index (χ3n) is 1.23. The molecule has 0 aliphatic carbocycles. The molecule has 0 aromatic rings. The Morgan fingerprint density at radius 1 is 1.56 bits per heavy atom. The molecule has 0 aromatic carbocycles. The minimum absolute atomic E-state index is 0.170. The molecule has 2 N–H and O–H groups in total. The minimum atomic E-state index is 0.170. The van der Waals surface area contributed by atoms with Gasteiger partial charge in [0.25, 0.3) is 0 Å². The average molecular weight is 129 g/mol. The van der Waals surface area contributed by atoms with Crippen LogP contribution in [0.1, 0.15) is 26.7 Å². The van der Waals surface area contributed by atoms with Gasteiger partial charge in [-0.2, -0.15) is 0 Å². The molecular formula is C7H15NO. The second-order valence-electron chi connectivity index (χ2n) is 2.68. The fourth-order valence-electron chi connectivity index (χ4n) is 0.552. The van der Waals surface area contributed by atoms with E-state index in [-0.39, 0.29) is 12.3 Å². The fraction of sp³-hybridized carbons (Fsp3) is 0.857. The van der Waals surface area contributed by atoms with Crippen LogP contribution in [0.3, 0.4) is 0 Å². The summed E-state index contributed by atoms with van der Waals surface area (Å²) in [6.07, 6.45) is 1.62. The van der Waals surface area contributed by atoms with Gasteiger partial charge in [0.2, 0.25) is 0 Å². The fourth-order valence-corrected chi connectivity index (χ4v) is 0.552. The Bertz CT molecular complexity index is 88.9. The van der Waals surface area contributed by atoms with Gasteiger partial charge in [-0.3, -0.25) is 4.79 Å². The van der Waals surface area contributed by atoms with Crippen LogP contribution in [0.5, 0.6) is 0 Å². The van der Waals surface area contributed by atoms with Gasteiger partial charge in [-0.05, 0) is 12.3 Å². The lowest BCUT2D eigenvalue weighted by atomic mass is 10.1. The van der Waals surface area contributed by atoms with Gasteiger partial charge in [0.1, 0.15) is 5.78 Å². The normalized spacial score (nSPS) is 10.2. The maximum absolute atomic E-state index is 10.6. The van der Waals surface area contributed by atoms with Crippen LogP contribution in [-0.4, -0.2) is 12.3 Å². The molecule has 0 amide bonds. The van der Waals surface area contributed by atoms with Gasteiger partial charge in [0.15, 0.2) is 0 Å². The second kappa shape index (κ2) is 4.50. The number of Topliss-reactive ketones (excluding diaryl/α,β-unsaturated/α-hetero) is 1. The molecule has 0 aliphatic rings. The van der Waals surface area contributed by atoms with Crippen molar-refractivity contribution in [3.05, 3.63) is 0 Å². The molecule has 0 bridgehead atoms. The molecule has 9 heavy (non-hydrogen) atoms. The van der Waals surface area contributed by atoms with Crippen molar-refractivity contribution < 1.29 is 4.79 Å². The first-order chi connectivity index (χ1) is 4.16. The van der Waals surface area contributed by atoms with Gasteiger partial charge in [-0.1, -0.05) is 13.8 Å². The van der Waals surface area contributed by atoms with Crippen molar-refractivity contribution in [1.29, 1.82) is 0 Å². The van der Waals surface area contributed by atoms with E-state index >= 15 is 0 Å². The van der Waals surface area contributed by atoms with E-state index in [0.717, 1.165) is 6.42 Å². The van der Waals surface area contributed by atoms with Crippen LogP contribution in [0.15, 0.2) is 0 Å². The molecular weight excluding hydrogens is 114 g/mol. The van der Waals surface area contributed by atoms with Crippen molar-refractivity contribution in [1.82, 2.24) is 0 Å². The highest BCUT2D eigenvalue weighted by Gasteiger charge is 1.99. The Morgan fingerprint density at radius 3 is 2.44 bits per heavy atom. The van der Waals surface area contributed by atoms with E-state index in [1.54, 1.807) is 0 Å². The molecule has 0 heterocycles. The Hall–Kier alpha value is -0.370. The van der Waals surface area contributed by atoms with Crippen molar-refractivity contribution in [3.8, 4) is 0 Å². The van der Waals surface area contributed by atoms with Crippen LogP contribution in [-0.2, 0) is 4.79 Å². The highest BCUT2D eigenvalue weighted by molar-refractivity contribution is 5.80. The van der Waals surface area contributed by atoms with Gasteiger partial charge in [0, 0.05) is 6.42 Å². The summed E-state index contributed by atoms with van der Waals surface area (Å²) in [7, 11) is 0. The van der Waals surface area contributed by atoms with Crippen molar-refractivity contribution in [2.24, 2.45) is 11.7 Å². The number of hydrogen-bond donors (Lipinski definition) is 1. The molecule has 0 saturated carbocycles. The molecule has 0 aromatic heterocycles. The topological polar surface area (TPSA) is 43.1 Å². The average Bonchev–Trinajstić information content (AvgIpc) is 1.83. The van der Waals surface area contributed by atoms with Crippen LogP contribution in [0.4, 0.5) is 0 Å². The SMILES string of the molecule is CC(C)CCC(=O)CN. The third-order valence-corrected chi connectivity index (χ3v) is 1.23. The Kier molecular flexibility index (Phi) is 4.32. The van der Waals surface area contributed by atoms with Crippen molar-refractivity contribution in [3.63, 3.8) is 0 Å². The number of carbonyl (C=O) groups excluding carboxylic acids is 1. The summed E-state index contributed by atoms with van der Waals surface area (Å²) >= 11 is 0. The zero-order valence-electron chi connectivity index (χ0n) is 6.18. The molecule has 0 fully saturated rings. The molecule has 54 valence electrons. The third kappa shape index (κ3) is 5.50. The number of carbonyl (C=O) groups is 1. The van der Waals surface area contributed by atoms with E-state index in [1.807, 2.05) is 0 Å². The first-order valence-electron chi connectivity index (χ1n) is 3.38. The van der Waals surface area contributed by atoms with E-state index < -0.39 is 0 Å². The summed E-state index contributed by atoms with van der Waals surface area (Å²) in [6, 6.07) is 0. The molecule has 0 saturated heterocycles. The van der Waals surface area contributed by atoms with E-state index in [9.17, 15) is 4.79 Å². The van der Waals surface area contributed by atoms with Gasteiger partial charge in [-0.25, -0.2) is 0 Å². The first kappa shape index (κ1) is 8.63. The van der Waals surface area contributed by atoms with E-state index in [1.165, 1.54) is 0 Å². The second-order valence-corrected chi connectivity index (χ2v) is 2.68. The smallest absolute Gasteiger partial charge is 0.146 e. The van der Waals surface area contributed by atoms with Gasteiger partial charge in [0.05, 0.1) is 6.54 Å². The molecule has 2 nitrogen and oxygen atoms in total. The largest absolute Gasteiger partial charge is 0.324 e. The van der Waals surface area contributed by atoms with Crippen molar-refractivity contribution in [2.75, 3.05) is 6.54 Å². The summed E-state index contributed by atoms with van der Waals surface area (Å²) in [5, 5.41) is 0. The van der Waals surface area contributed by atoms with Crippen LogP contribution >= 0.6 is 0 Å². The molecule has 0 unspecified atom stereocenters. The van der Waals surface area contributed by atoms with E-state index in [0.29, 0.717) is 12.3 Å². The molecule has 0 spiro atoms. The Labute approximate surface area is 56.4 Å². The summed E-state index contributed by atoms with van der Waals surface area (Å²) in [5.41, 5.74) is 5.11. The molecule has 0 rings (SSSR count). The van der Waals surface area contributed by atoms with Gasteiger partial charge in [-0.15, -0.1) is 0 Å². The highest BCUT2D eigenvalue weighted by atomic mass is 16.1. The van der Waals surface area contributed by atoms with Crippen LogP contribution < -0.4 is 5.73 Å². The lowest BCUT2D eigenvalue weighted by molar-refractivity contribution is -0.118. The summed E-state index contributed by atoms with van der Waals surface area (Å²) in [4.78, 5) is 10.6. The van der Waals surface area contributed by atoms with E-state index in [2.05, 4.69) is 13.8 Å². The Morgan fingerprint density at radius 2 is 2.11 bits per heavy atom. The Balaban J connectivity index is 3.17. The summed E-state index contributed by atoms with van der Waals surface area (Å²) < 4.78 is 0. The van der Waals surface area contributed by atoms with Crippen LogP contribution in [0.25, 0.3) is 0 Å². The standard InChI is InChI=1S/C7H15NO/c1-6(2)3-4-7(9)5-8/h6H,3-5,8H2,1-2H3. The van der Waals surface area contributed by atoms with Crippen molar-refractivity contribution in [2.45, 2.75) is 26.7 Å². The maximum atomic E-state index is 10.6. The van der Waals surface area contributed by atoms with Crippen molar-refractivity contribution >= 4 is 5.78 Å². The molecule has 0 atom stereocenters. The summed E-state index contributed by atoms with van der Waals surface area (Å²) in [6.45, 7) is 4.40. The number of rotatable bonds is 4. The highest BCUT2D eigenvalue weighted by Crippen LogP contribution is 2.02. The minimum Gasteiger partial charge on any atom is -0.324 e. The predicted molar refractivity (Wildman–Crippen MR) is 38.1 cm³/mol. The molecule has 0 radical (unpaired) electrons. The number of hydrogen-bond acceptors (Lipinski definition) is 2. The van der Waals surface area contributed by atoms with Crippen LogP contribution in [0.2, 0.25) is 0 Å². The monoisotopic (exact) mass is 129 g/mol. The first-order valence-corrected chi connectivity index (χ1v) is 3.38. The predicted octanol–water partition coefficient (Wildman–Crippen LogP) is 0.950. The number of ketones is 1. The zero-order chi connectivity index (χ0) is 7.28.